The van der Waals surface area contributed by atoms with Gasteiger partial charge >= 0.3 is 0 Å². The largest absolute Gasteiger partial charge is 0.385 e. The molecule has 11 heteroatoms. The van der Waals surface area contributed by atoms with Crippen LogP contribution in [0.3, 0.4) is 0 Å². The number of carbonyl (C=O) groups is 1. The van der Waals surface area contributed by atoms with Gasteiger partial charge in [0.1, 0.15) is 11.0 Å². The van der Waals surface area contributed by atoms with Crippen molar-refractivity contribution in [3.8, 4) is 0 Å². The van der Waals surface area contributed by atoms with Crippen LogP contribution in [0.1, 0.15) is 0 Å². The summed E-state index contributed by atoms with van der Waals surface area (Å²) in [7, 11) is 0. The summed E-state index contributed by atoms with van der Waals surface area (Å²) in [6.45, 7) is -0.350. The van der Waals surface area contributed by atoms with E-state index in [4.69, 9.17) is 4.84 Å². The van der Waals surface area contributed by atoms with Crippen molar-refractivity contribution in [2.75, 3.05) is 11.9 Å². The molecule has 0 fully saturated rings. The van der Waals surface area contributed by atoms with Crippen LogP contribution in [-0.2, 0) is 4.79 Å². The number of para-hydroxylation sites is 1. The van der Waals surface area contributed by atoms with Crippen LogP contribution in [0, 0.1) is 10.1 Å². The molecule has 0 spiro atoms. The fraction of sp³-hybridized carbons (Fsp3) is 0.0667. The molecule has 10 nitrogen and oxygen atoms in total. The molecule has 2 aromatic heterocycles. The summed E-state index contributed by atoms with van der Waals surface area (Å²) < 4.78 is 0.957. The van der Waals surface area contributed by atoms with E-state index in [9.17, 15) is 14.9 Å². The van der Waals surface area contributed by atoms with Crippen LogP contribution < -0.4 is 10.2 Å². The number of nitro groups is 1. The van der Waals surface area contributed by atoms with Crippen LogP contribution in [0.25, 0.3) is 21.3 Å². The minimum Gasteiger partial charge on any atom is -0.385 e. The Bertz CT molecular complexity index is 1100. The van der Waals surface area contributed by atoms with Crippen LogP contribution in [0.2, 0.25) is 0 Å². The lowest BCUT2D eigenvalue weighted by Crippen LogP contribution is -2.26. The van der Waals surface area contributed by atoms with Crippen LogP contribution >= 0.6 is 11.3 Å². The van der Waals surface area contributed by atoms with Crippen molar-refractivity contribution < 1.29 is 14.6 Å². The first-order valence-corrected chi connectivity index (χ1v) is 8.20. The minimum atomic E-state index is -0.531. The number of benzene rings is 2. The van der Waals surface area contributed by atoms with Crippen molar-refractivity contribution >= 4 is 49.3 Å². The average Bonchev–Trinajstić information content (AvgIpc) is 3.22. The highest BCUT2D eigenvalue weighted by Crippen LogP contribution is 2.25. The Morgan fingerprint density at radius 3 is 2.92 bits per heavy atom. The van der Waals surface area contributed by atoms with Gasteiger partial charge in [-0.3, -0.25) is 20.2 Å². The molecule has 0 atom stereocenters. The molecule has 0 saturated heterocycles. The summed E-state index contributed by atoms with van der Waals surface area (Å²) in [5.41, 5.74) is 1.39. The van der Waals surface area contributed by atoms with E-state index in [1.807, 2.05) is 24.3 Å². The molecule has 0 unspecified atom stereocenters. The fourth-order valence-corrected chi connectivity index (χ4v) is 3.18. The Hall–Kier alpha value is -3.60. The zero-order chi connectivity index (χ0) is 18.1. The lowest BCUT2D eigenvalue weighted by molar-refractivity contribution is -0.384. The van der Waals surface area contributed by atoms with E-state index in [0.29, 0.717) is 16.2 Å². The number of hydrogen-bond donors (Lipinski definition) is 1. The summed E-state index contributed by atoms with van der Waals surface area (Å²) >= 11 is 1.35. The smallest absolute Gasteiger partial charge is 0.271 e. The third-order valence-electron chi connectivity index (χ3n) is 3.47. The average molecular weight is 370 g/mol. The molecule has 4 aromatic rings. The standard InChI is InChI=1S/C15H10N6O4S/c22-14(17-15-16-11-3-1-2-4-13(11)26-15)8-25-20-12-7-9(21(23)24)5-6-10(12)18-19-20/h1-7H,8H2,(H,16,17,22). The van der Waals surface area contributed by atoms with E-state index in [1.54, 1.807) is 0 Å². The second kappa shape index (κ2) is 6.37. The first kappa shape index (κ1) is 15.9. The topological polar surface area (TPSA) is 125 Å². The maximum Gasteiger partial charge on any atom is 0.271 e. The summed E-state index contributed by atoms with van der Waals surface area (Å²) in [4.78, 5) is 33.0. The quantitative estimate of drug-likeness (QED) is 0.421. The first-order valence-electron chi connectivity index (χ1n) is 7.39. The molecular formula is C15H10N6O4S. The van der Waals surface area contributed by atoms with Crippen molar-refractivity contribution in [2.24, 2.45) is 0 Å². The number of amides is 1. The molecule has 0 saturated carbocycles. The second-order valence-corrected chi connectivity index (χ2v) is 6.23. The number of fused-ring (bicyclic) bond motifs is 2. The van der Waals surface area contributed by atoms with Gasteiger partial charge in [-0.25, -0.2) is 4.98 Å². The number of hydrogen-bond acceptors (Lipinski definition) is 8. The zero-order valence-electron chi connectivity index (χ0n) is 13.0. The van der Waals surface area contributed by atoms with Gasteiger partial charge in [0, 0.05) is 12.1 Å². The molecule has 0 aliphatic carbocycles. The maximum atomic E-state index is 12.1. The molecule has 1 N–H and O–H groups in total. The van der Waals surface area contributed by atoms with E-state index in [-0.39, 0.29) is 12.3 Å². The van der Waals surface area contributed by atoms with Gasteiger partial charge in [0.15, 0.2) is 11.7 Å². The number of nitrogens with one attached hydrogen (secondary N) is 1. The Morgan fingerprint density at radius 2 is 2.12 bits per heavy atom. The van der Waals surface area contributed by atoms with E-state index >= 15 is 0 Å². The van der Waals surface area contributed by atoms with Gasteiger partial charge in [-0.2, -0.15) is 0 Å². The minimum absolute atomic E-state index is 0.122. The highest BCUT2D eigenvalue weighted by Gasteiger charge is 2.14. The second-order valence-electron chi connectivity index (χ2n) is 5.20. The molecule has 0 aliphatic heterocycles. The molecule has 4 rings (SSSR count). The molecular weight excluding hydrogens is 360 g/mol. The van der Waals surface area contributed by atoms with Crippen molar-refractivity contribution in [3.63, 3.8) is 0 Å². The van der Waals surface area contributed by atoms with Gasteiger partial charge in [-0.15, -0.1) is 5.10 Å². The van der Waals surface area contributed by atoms with E-state index in [2.05, 4.69) is 20.6 Å². The molecule has 1 amide bonds. The van der Waals surface area contributed by atoms with Gasteiger partial charge < -0.3 is 4.84 Å². The van der Waals surface area contributed by atoms with Gasteiger partial charge in [0.2, 0.25) is 0 Å². The molecule has 2 heterocycles. The summed E-state index contributed by atoms with van der Waals surface area (Å²) in [6, 6.07) is 11.6. The summed E-state index contributed by atoms with van der Waals surface area (Å²) in [5.74, 6) is -0.432. The molecule has 130 valence electrons. The van der Waals surface area contributed by atoms with Gasteiger partial charge in [0.25, 0.3) is 11.6 Å². The van der Waals surface area contributed by atoms with Gasteiger partial charge in [-0.05, 0) is 23.4 Å². The van der Waals surface area contributed by atoms with Crippen LogP contribution in [0.5, 0.6) is 0 Å². The molecule has 0 bridgehead atoms. The van der Waals surface area contributed by atoms with Crippen LogP contribution in [0.4, 0.5) is 10.8 Å². The number of nitrogens with zero attached hydrogens (tertiary/aromatic N) is 5. The highest BCUT2D eigenvalue weighted by atomic mass is 32.1. The van der Waals surface area contributed by atoms with Gasteiger partial charge in [0.05, 0.1) is 15.1 Å². The maximum absolute atomic E-state index is 12.1. The SMILES string of the molecule is O=C(COn1nnc2ccc([N+](=O)[O-])cc21)Nc1nc2ccccc2s1. The number of non-ortho nitro benzene ring substituents is 1. The Balaban J connectivity index is 1.46. The van der Waals surface area contributed by atoms with Crippen LogP contribution in [-0.4, -0.2) is 37.6 Å². The first-order chi connectivity index (χ1) is 12.6. The Labute approximate surface area is 149 Å². The number of nitro benzene ring substituents is 1. The third kappa shape index (κ3) is 3.02. The number of anilines is 1. The van der Waals surface area contributed by atoms with E-state index in [0.717, 1.165) is 15.1 Å². The third-order valence-corrected chi connectivity index (χ3v) is 4.42. The molecule has 0 radical (unpaired) electrons. The number of aromatic nitrogens is 4. The zero-order valence-corrected chi connectivity index (χ0v) is 13.8. The van der Waals surface area contributed by atoms with Crippen molar-refractivity contribution in [3.05, 3.63) is 52.6 Å². The molecule has 26 heavy (non-hydrogen) atoms. The van der Waals surface area contributed by atoms with Crippen molar-refractivity contribution in [1.82, 2.24) is 20.1 Å². The molecule has 0 aliphatic rings. The highest BCUT2D eigenvalue weighted by molar-refractivity contribution is 7.22. The van der Waals surface area contributed by atoms with Crippen molar-refractivity contribution in [1.29, 1.82) is 0 Å². The van der Waals surface area contributed by atoms with Crippen molar-refractivity contribution in [2.45, 2.75) is 0 Å². The van der Waals surface area contributed by atoms with Gasteiger partial charge in [-0.1, -0.05) is 28.3 Å². The van der Waals surface area contributed by atoms with Crippen LogP contribution in [0.15, 0.2) is 42.5 Å². The normalized spacial score (nSPS) is 10.9. The summed E-state index contributed by atoms with van der Waals surface area (Å²) in [5, 5.41) is 21.5. The van der Waals surface area contributed by atoms with E-state index < -0.39 is 10.8 Å². The fourth-order valence-electron chi connectivity index (χ4n) is 2.30. The predicted molar refractivity (Wildman–Crippen MR) is 93.9 cm³/mol. The molecule has 2 aromatic carbocycles. The monoisotopic (exact) mass is 370 g/mol. The number of rotatable bonds is 5. The summed E-state index contributed by atoms with van der Waals surface area (Å²) in [6.07, 6.45) is 0. The lowest BCUT2D eigenvalue weighted by atomic mass is 10.3. The predicted octanol–water partition coefficient (Wildman–Crippen LogP) is 2.02. The lowest BCUT2D eigenvalue weighted by Gasteiger charge is -2.04. The Kier molecular flexibility index (Phi) is 3.89. The van der Waals surface area contributed by atoms with E-state index in [1.165, 1.54) is 29.5 Å². The number of thiazole rings is 1. The Morgan fingerprint density at radius 1 is 1.27 bits per heavy atom. The number of carbonyl (C=O) groups excluding carboxylic acids is 1.